The van der Waals surface area contributed by atoms with E-state index in [9.17, 15) is 4.79 Å². The van der Waals surface area contributed by atoms with Gasteiger partial charge in [-0.25, -0.2) is 0 Å². The molecule has 134 valence electrons. The van der Waals surface area contributed by atoms with E-state index < -0.39 is 0 Å². The molecule has 0 spiro atoms. The van der Waals surface area contributed by atoms with E-state index in [0.29, 0.717) is 17.9 Å². The van der Waals surface area contributed by atoms with Gasteiger partial charge in [0.2, 0.25) is 0 Å². The Labute approximate surface area is 153 Å². The molecule has 1 N–H and O–H groups in total. The summed E-state index contributed by atoms with van der Waals surface area (Å²) >= 11 is 0. The second kappa shape index (κ2) is 7.97. The molecule has 0 bridgehead atoms. The average molecular weight is 349 g/mol. The van der Waals surface area contributed by atoms with Gasteiger partial charge >= 0.3 is 0 Å². The Bertz CT molecular complexity index is 872. The normalized spacial score (nSPS) is 12.2. The first-order valence-corrected chi connectivity index (χ1v) is 8.58. The minimum absolute atomic E-state index is 0.0835. The van der Waals surface area contributed by atoms with E-state index in [-0.39, 0.29) is 11.9 Å². The van der Waals surface area contributed by atoms with Crippen molar-refractivity contribution in [3.8, 4) is 11.3 Å². The molecule has 0 aliphatic carbocycles. The molecule has 1 heterocycles. The molecule has 0 radical (unpaired) electrons. The minimum atomic E-state index is -0.189. The number of aromatic nitrogens is 1. The molecular weight excluding hydrogens is 326 g/mol. The summed E-state index contributed by atoms with van der Waals surface area (Å²) in [7, 11) is 4.02. The quantitative estimate of drug-likeness (QED) is 0.737. The smallest absolute Gasteiger partial charge is 0.256 e. The van der Waals surface area contributed by atoms with Gasteiger partial charge in [-0.15, -0.1) is 0 Å². The third kappa shape index (κ3) is 3.83. The monoisotopic (exact) mass is 349 g/mol. The van der Waals surface area contributed by atoms with Gasteiger partial charge in [-0.1, -0.05) is 59.8 Å². The fourth-order valence-corrected chi connectivity index (χ4v) is 3.02. The molecule has 2 aromatic carbocycles. The maximum absolute atomic E-state index is 12.7. The Morgan fingerprint density at radius 2 is 1.81 bits per heavy atom. The van der Waals surface area contributed by atoms with Crippen molar-refractivity contribution in [1.82, 2.24) is 15.4 Å². The van der Waals surface area contributed by atoms with E-state index in [1.165, 1.54) is 17.3 Å². The first-order valence-electron chi connectivity index (χ1n) is 8.58. The minimum Gasteiger partial charge on any atom is -0.355 e. The molecule has 3 aromatic rings. The van der Waals surface area contributed by atoms with Gasteiger partial charge in [0.25, 0.3) is 5.91 Å². The van der Waals surface area contributed by atoms with Gasteiger partial charge in [0.05, 0.1) is 12.2 Å². The Kier molecular flexibility index (Phi) is 5.49. The predicted molar refractivity (Wildman–Crippen MR) is 102 cm³/mol. The number of nitrogens with one attached hydrogen (secondary N) is 1. The summed E-state index contributed by atoms with van der Waals surface area (Å²) in [6.07, 6.45) is 1.47. The molecule has 1 aromatic heterocycles. The molecule has 0 fully saturated rings. The molecule has 0 aliphatic rings. The van der Waals surface area contributed by atoms with Gasteiger partial charge in [0.15, 0.2) is 5.76 Å². The van der Waals surface area contributed by atoms with Gasteiger partial charge in [0.1, 0.15) is 5.56 Å². The van der Waals surface area contributed by atoms with Crippen LogP contribution in [-0.4, -0.2) is 36.6 Å². The Morgan fingerprint density at radius 1 is 1.12 bits per heavy atom. The van der Waals surface area contributed by atoms with E-state index in [4.69, 9.17) is 4.52 Å². The molecule has 1 atom stereocenters. The Balaban J connectivity index is 1.77. The lowest BCUT2D eigenvalue weighted by molar-refractivity contribution is 0.0942. The van der Waals surface area contributed by atoms with Crippen molar-refractivity contribution in [3.05, 3.63) is 77.5 Å². The molecule has 1 amide bonds. The first kappa shape index (κ1) is 17.9. The SMILES string of the molecule is Cc1ccccc1[C@@H](CNC(=O)c1cnoc1-c1ccccc1)N(C)C. The van der Waals surface area contributed by atoms with E-state index >= 15 is 0 Å². The third-order valence-corrected chi connectivity index (χ3v) is 4.48. The van der Waals surface area contributed by atoms with Gasteiger partial charge in [-0.05, 0) is 32.1 Å². The number of nitrogens with zero attached hydrogens (tertiary/aromatic N) is 2. The Morgan fingerprint density at radius 3 is 2.50 bits per heavy atom. The number of hydrogen-bond donors (Lipinski definition) is 1. The molecule has 5 nitrogen and oxygen atoms in total. The summed E-state index contributed by atoms with van der Waals surface area (Å²) in [5, 5.41) is 6.83. The highest BCUT2D eigenvalue weighted by Gasteiger charge is 2.21. The fraction of sp³-hybridized carbons (Fsp3) is 0.238. The van der Waals surface area contributed by atoms with Crippen molar-refractivity contribution in [2.24, 2.45) is 0 Å². The number of amides is 1. The highest BCUT2D eigenvalue weighted by molar-refractivity contribution is 5.99. The van der Waals surface area contributed by atoms with Crippen molar-refractivity contribution in [3.63, 3.8) is 0 Å². The van der Waals surface area contributed by atoms with Gasteiger partial charge in [-0.3, -0.25) is 4.79 Å². The topological polar surface area (TPSA) is 58.4 Å². The molecule has 0 saturated heterocycles. The van der Waals surface area contributed by atoms with Crippen LogP contribution in [0, 0.1) is 6.92 Å². The molecule has 5 heteroatoms. The molecule has 0 aliphatic heterocycles. The van der Waals surface area contributed by atoms with Crippen molar-refractivity contribution in [1.29, 1.82) is 0 Å². The fourth-order valence-electron chi connectivity index (χ4n) is 3.02. The number of likely N-dealkylation sites (N-methyl/N-ethyl adjacent to an activating group) is 1. The predicted octanol–water partition coefficient (Wildman–Crippen LogP) is 3.68. The van der Waals surface area contributed by atoms with Crippen molar-refractivity contribution < 1.29 is 9.32 Å². The lowest BCUT2D eigenvalue weighted by Crippen LogP contribution is -2.35. The van der Waals surface area contributed by atoms with Crippen LogP contribution < -0.4 is 5.32 Å². The van der Waals surface area contributed by atoms with Gasteiger partial charge in [0, 0.05) is 12.1 Å². The number of benzene rings is 2. The standard InChI is InChI=1S/C21H23N3O2/c1-15-9-7-8-12-17(15)19(24(2)3)14-22-21(25)18-13-23-26-20(18)16-10-5-4-6-11-16/h4-13,19H,14H2,1-3H3,(H,22,25)/t19-/m1/s1. The number of hydrogen-bond acceptors (Lipinski definition) is 4. The van der Waals surface area contributed by atoms with E-state index in [0.717, 1.165) is 5.56 Å². The zero-order valence-corrected chi connectivity index (χ0v) is 15.3. The van der Waals surface area contributed by atoms with Crippen LogP contribution >= 0.6 is 0 Å². The summed E-state index contributed by atoms with van der Waals surface area (Å²) in [5.41, 5.74) is 3.68. The van der Waals surface area contributed by atoms with E-state index in [1.54, 1.807) is 0 Å². The van der Waals surface area contributed by atoms with Crippen LogP contribution in [0.3, 0.4) is 0 Å². The van der Waals surface area contributed by atoms with Crippen molar-refractivity contribution >= 4 is 5.91 Å². The van der Waals surface area contributed by atoms with E-state index in [2.05, 4.69) is 34.4 Å². The first-order chi connectivity index (χ1) is 12.6. The largest absolute Gasteiger partial charge is 0.355 e. The number of carbonyl (C=O) groups is 1. The van der Waals surface area contributed by atoms with Crippen LogP contribution in [0.2, 0.25) is 0 Å². The second-order valence-electron chi connectivity index (χ2n) is 6.48. The summed E-state index contributed by atoms with van der Waals surface area (Å²) in [4.78, 5) is 14.8. The zero-order chi connectivity index (χ0) is 18.5. The van der Waals surface area contributed by atoms with Crippen LogP contribution in [0.4, 0.5) is 0 Å². The van der Waals surface area contributed by atoms with Gasteiger partial charge < -0.3 is 14.7 Å². The molecule has 3 rings (SSSR count). The van der Waals surface area contributed by atoms with Crippen LogP contribution in [0.5, 0.6) is 0 Å². The van der Waals surface area contributed by atoms with Crippen LogP contribution in [-0.2, 0) is 0 Å². The average Bonchev–Trinajstić information content (AvgIpc) is 3.13. The Hall–Kier alpha value is -2.92. The number of aryl methyl sites for hydroxylation is 1. The third-order valence-electron chi connectivity index (χ3n) is 4.48. The summed E-state index contributed by atoms with van der Waals surface area (Å²) in [5.74, 6) is 0.297. The lowest BCUT2D eigenvalue weighted by atomic mass is 10.0. The van der Waals surface area contributed by atoms with E-state index in [1.807, 2.05) is 56.6 Å². The summed E-state index contributed by atoms with van der Waals surface area (Å²) in [6.45, 7) is 2.58. The maximum Gasteiger partial charge on any atom is 0.256 e. The maximum atomic E-state index is 12.7. The molecule has 26 heavy (non-hydrogen) atoms. The van der Waals surface area contributed by atoms with Crippen molar-refractivity contribution in [2.75, 3.05) is 20.6 Å². The molecule has 0 unspecified atom stereocenters. The van der Waals surface area contributed by atoms with Crippen LogP contribution in [0.15, 0.2) is 65.3 Å². The molecule has 0 saturated carbocycles. The summed E-state index contributed by atoms with van der Waals surface area (Å²) < 4.78 is 5.31. The van der Waals surface area contributed by atoms with Gasteiger partial charge in [-0.2, -0.15) is 0 Å². The van der Waals surface area contributed by atoms with Crippen molar-refractivity contribution in [2.45, 2.75) is 13.0 Å². The second-order valence-corrected chi connectivity index (χ2v) is 6.48. The van der Waals surface area contributed by atoms with Crippen LogP contribution in [0.1, 0.15) is 27.5 Å². The number of carbonyl (C=O) groups excluding carboxylic acids is 1. The summed E-state index contributed by atoms with van der Waals surface area (Å²) in [6, 6.07) is 17.8. The highest BCUT2D eigenvalue weighted by Crippen LogP contribution is 2.24. The van der Waals surface area contributed by atoms with Crippen LogP contribution in [0.25, 0.3) is 11.3 Å². The zero-order valence-electron chi connectivity index (χ0n) is 15.3. The highest BCUT2D eigenvalue weighted by atomic mass is 16.5. The number of rotatable bonds is 6. The molecular formula is C21H23N3O2. The lowest BCUT2D eigenvalue weighted by Gasteiger charge is -2.26.